The van der Waals surface area contributed by atoms with Crippen LogP contribution in [0.4, 0.5) is 0 Å². The van der Waals surface area contributed by atoms with E-state index in [0.29, 0.717) is 0 Å². The zero-order valence-electron chi connectivity index (χ0n) is 10.5. The molecule has 0 amide bonds. The summed E-state index contributed by atoms with van der Waals surface area (Å²) in [6.45, 7) is 3.01. The highest BCUT2D eigenvalue weighted by Gasteiger charge is 2.42. The molecule has 0 spiro atoms. The third kappa shape index (κ3) is 2.35. The number of H-pyrrole nitrogens is 1. The largest absolute Gasteiger partial charge is 0.388 e. The van der Waals surface area contributed by atoms with Crippen LogP contribution in [0.15, 0.2) is 15.8 Å². The quantitative estimate of drug-likeness (QED) is 0.462. The van der Waals surface area contributed by atoms with Crippen LogP contribution in [-0.2, 0) is 4.74 Å². The maximum absolute atomic E-state index is 11.7. The van der Waals surface area contributed by atoms with Gasteiger partial charge in [-0.15, -0.1) is 0 Å². The molecule has 0 unspecified atom stereocenters. The third-order valence-corrected chi connectivity index (χ3v) is 3.25. The van der Waals surface area contributed by atoms with Gasteiger partial charge < -0.3 is 20.1 Å². The van der Waals surface area contributed by atoms with Gasteiger partial charge in [0.25, 0.3) is 5.56 Å². The zero-order chi connectivity index (χ0) is 14.3. The van der Waals surface area contributed by atoms with Crippen molar-refractivity contribution in [3.05, 3.63) is 32.6 Å². The number of hydrogen-bond donors (Lipinski definition) is 4. The van der Waals surface area contributed by atoms with Crippen molar-refractivity contribution in [2.75, 3.05) is 0 Å². The number of aliphatic hydroxyl groups is 3. The minimum Gasteiger partial charge on any atom is -0.388 e. The van der Waals surface area contributed by atoms with Crippen molar-refractivity contribution in [2.45, 2.75) is 44.5 Å². The summed E-state index contributed by atoms with van der Waals surface area (Å²) in [5.74, 6) is 0. The molecule has 4 N–H and O–H groups in total. The topological polar surface area (TPSA) is 125 Å². The van der Waals surface area contributed by atoms with Gasteiger partial charge in [-0.2, -0.15) is 0 Å². The molecule has 106 valence electrons. The molecule has 0 saturated carbocycles. The van der Waals surface area contributed by atoms with E-state index in [-0.39, 0.29) is 5.56 Å². The number of aryl methyl sites for hydroxylation is 1. The minimum absolute atomic E-state index is 0.267. The zero-order valence-corrected chi connectivity index (χ0v) is 10.5. The first-order chi connectivity index (χ1) is 8.82. The van der Waals surface area contributed by atoms with E-state index < -0.39 is 41.9 Å². The highest BCUT2D eigenvalue weighted by atomic mass is 16.5. The van der Waals surface area contributed by atoms with E-state index in [0.717, 1.165) is 4.57 Å². The number of aromatic amines is 1. The second-order valence-corrected chi connectivity index (χ2v) is 4.68. The Morgan fingerprint density at radius 3 is 2.47 bits per heavy atom. The minimum atomic E-state index is -1.48. The van der Waals surface area contributed by atoms with E-state index in [1.165, 1.54) is 20.0 Å². The predicted octanol–water partition coefficient (Wildman–Crippen LogP) is -2.15. The molecular weight excluding hydrogens is 256 g/mol. The van der Waals surface area contributed by atoms with E-state index in [9.17, 15) is 24.9 Å². The summed E-state index contributed by atoms with van der Waals surface area (Å²) in [6.07, 6.45) is -4.85. The van der Waals surface area contributed by atoms with Crippen LogP contribution in [0, 0.1) is 6.92 Å². The maximum atomic E-state index is 11.7. The maximum Gasteiger partial charge on any atom is 0.330 e. The lowest BCUT2D eigenvalue weighted by Crippen LogP contribution is -2.56. The number of nitrogens with one attached hydrogen (secondary N) is 1. The third-order valence-electron chi connectivity index (χ3n) is 3.25. The molecule has 8 heteroatoms. The molecule has 0 bridgehead atoms. The Hall–Kier alpha value is -1.48. The summed E-state index contributed by atoms with van der Waals surface area (Å²) in [7, 11) is 0. The standard InChI is InChI=1S/C11H16N2O6/c1-4-3-13(11(18)12-9(4)17)10-8(16)7(15)6(14)5(2)19-10/h3,5-8,10,14-16H,1-2H3,(H,12,17,18)/t5-,6-,7+,8+,10+/m0/s1. The first-order valence-electron chi connectivity index (χ1n) is 5.84. The van der Waals surface area contributed by atoms with Gasteiger partial charge in [0.15, 0.2) is 6.23 Å². The van der Waals surface area contributed by atoms with E-state index in [2.05, 4.69) is 4.98 Å². The summed E-state index contributed by atoms with van der Waals surface area (Å²) in [6, 6.07) is 0. The molecule has 8 nitrogen and oxygen atoms in total. The molecule has 5 atom stereocenters. The molecule has 1 aliphatic rings. The Morgan fingerprint density at radius 1 is 1.21 bits per heavy atom. The molecule has 2 heterocycles. The van der Waals surface area contributed by atoms with Crippen molar-refractivity contribution in [3.63, 3.8) is 0 Å². The van der Waals surface area contributed by atoms with Gasteiger partial charge in [0.05, 0.1) is 6.10 Å². The lowest BCUT2D eigenvalue weighted by atomic mass is 9.99. The predicted molar refractivity (Wildman–Crippen MR) is 63.7 cm³/mol. The Labute approximate surface area is 107 Å². The van der Waals surface area contributed by atoms with Gasteiger partial charge in [0.1, 0.15) is 18.3 Å². The van der Waals surface area contributed by atoms with Crippen LogP contribution in [0.5, 0.6) is 0 Å². The highest BCUT2D eigenvalue weighted by Crippen LogP contribution is 2.26. The van der Waals surface area contributed by atoms with Crippen LogP contribution in [0.3, 0.4) is 0 Å². The smallest absolute Gasteiger partial charge is 0.330 e. The van der Waals surface area contributed by atoms with E-state index >= 15 is 0 Å². The normalized spacial score (nSPS) is 35.3. The molecule has 1 saturated heterocycles. The molecule has 2 rings (SSSR count). The Morgan fingerprint density at radius 2 is 1.84 bits per heavy atom. The van der Waals surface area contributed by atoms with Crippen LogP contribution in [0.1, 0.15) is 18.7 Å². The van der Waals surface area contributed by atoms with Crippen LogP contribution >= 0.6 is 0 Å². The average Bonchev–Trinajstić information content (AvgIpc) is 2.36. The second-order valence-electron chi connectivity index (χ2n) is 4.68. The monoisotopic (exact) mass is 272 g/mol. The lowest BCUT2D eigenvalue weighted by Gasteiger charge is -2.39. The van der Waals surface area contributed by atoms with Gasteiger partial charge in [-0.3, -0.25) is 14.3 Å². The van der Waals surface area contributed by atoms with Crippen LogP contribution in [0.2, 0.25) is 0 Å². The molecular formula is C11H16N2O6. The molecule has 0 aliphatic carbocycles. The first-order valence-corrected chi connectivity index (χ1v) is 5.84. The van der Waals surface area contributed by atoms with Crippen LogP contribution in [0.25, 0.3) is 0 Å². The lowest BCUT2D eigenvalue weighted by molar-refractivity contribution is -0.241. The number of aliphatic hydroxyl groups excluding tert-OH is 3. The van der Waals surface area contributed by atoms with Gasteiger partial charge in [-0.1, -0.05) is 0 Å². The number of aromatic nitrogens is 2. The van der Waals surface area contributed by atoms with Gasteiger partial charge in [-0.25, -0.2) is 4.79 Å². The fourth-order valence-corrected chi connectivity index (χ4v) is 2.03. The van der Waals surface area contributed by atoms with E-state index in [4.69, 9.17) is 4.74 Å². The number of rotatable bonds is 1. The SMILES string of the molecule is Cc1cn([C@@H]2O[C@@H](C)[C@H](O)[C@@H](O)[C@H]2O)c(=O)[nH]c1=O. The molecule has 19 heavy (non-hydrogen) atoms. The van der Waals surface area contributed by atoms with E-state index in [1.807, 2.05) is 0 Å². The Kier molecular flexibility index (Phi) is 3.59. The first kappa shape index (κ1) is 13.9. The van der Waals surface area contributed by atoms with Crippen molar-refractivity contribution in [1.29, 1.82) is 0 Å². The summed E-state index contributed by atoms with van der Waals surface area (Å²) in [5.41, 5.74) is -1.01. The second kappa shape index (κ2) is 4.89. The Balaban J connectivity index is 2.44. The summed E-state index contributed by atoms with van der Waals surface area (Å²) in [4.78, 5) is 25.1. The summed E-state index contributed by atoms with van der Waals surface area (Å²) >= 11 is 0. The molecule has 1 fully saturated rings. The molecule has 1 aromatic rings. The van der Waals surface area contributed by atoms with Gasteiger partial charge in [0.2, 0.25) is 0 Å². The summed E-state index contributed by atoms with van der Waals surface area (Å²) in [5, 5.41) is 29.1. The average molecular weight is 272 g/mol. The highest BCUT2D eigenvalue weighted by molar-refractivity contribution is 5.02. The van der Waals surface area contributed by atoms with Gasteiger partial charge in [-0.05, 0) is 13.8 Å². The molecule has 1 aliphatic heterocycles. The fraction of sp³-hybridized carbons (Fsp3) is 0.636. The van der Waals surface area contributed by atoms with Gasteiger partial charge >= 0.3 is 5.69 Å². The van der Waals surface area contributed by atoms with E-state index in [1.54, 1.807) is 0 Å². The van der Waals surface area contributed by atoms with Crippen molar-refractivity contribution in [2.24, 2.45) is 0 Å². The van der Waals surface area contributed by atoms with Crippen molar-refractivity contribution < 1.29 is 20.1 Å². The molecule has 1 aromatic heterocycles. The van der Waals surface area contributed by atoms with Crippen LogP contribution in [-0.4, -0.2) is 49.3 Å². The van der Waals surface area contributed by atoms with Gasteiger partial charge in [0, 0.05) is 11.8 Å². The number of nitrogens with zero attached hydrogens (tertiary/aromatic N) is 1. The number of ether oxygens (including phenoxy) is 1. The fourth-order valence-electron chi connectivity index (χ4n) is 2.03. The summed E-state index contributed by atoms with van der Waals surface area (Å²) < 4.78 is 6.32. The molecule has 0 aromatic carbocycles. The van der Waals surface area contributed by atoms with Crippen molar-refractivity contribution >= 4 is 0 Å². The molecule has 0 radical (unpaired) electrons. The van der Waals surface area contributed by atoms with Crippen molar-refractivity contribution in [3.8, 4) is 0 Å². The van der Waals surface area contributed by atoms with Crippen molar-refractivity contribution in [1.82, 2.24) is 9.55 Å². The number of hydrogen-bond acceptors (Lipinski definition) is 6. The Bertz CT molecular complexity index is 579. The van der Waals surface area contributed by atoms with Crippen LogP contribution < -0.4 is 11.2 Å².